The summed E-state index contributed by atoms with van der Waals surface area (Å²) >= 11 is 7.67. The average molecular weight is 305 g/mol. The number of nitrogens with one attached hydrogen (secondary N) is 1. The number of anilines is 1. The number of nitrogens with two attached hydrogens (primary N) is 1. The summed E-state index contributed by atoms with van der Waals surface area (Å²) in [6.07, 6.45) is 0. The number of hydrogen-bond acceptors (Lipinski definition) is 5. The second-order valence-electron chi connectivity index (χ2n) is 4.25. The molecule has 0 fully saturated rings. The van der Waals surface area contributed by atoms with E-state index in [0.717, 1.165) is 21.6 Å². The van der Waals surface area contributed by atoms with Gasteiger partial charge in [-0.2, -0.15) is 0 Å². The predicted octanol–water partition coefficient (Wildman–Crippen LogP) is 3.38. The van der Waals surface area contributed by atoms with Crippen LogP contribution in [0.3, 0.4) is 0 Å². The highest BCUT2D eigenvalue weighted by Gasteiger charge is 2.10. The minimum absolute atomic E-state index is 0.549. The Morgan fingerprint density at radius 3 is 2.90 bits per heavy atom. The SMILES string of the molecule is NCCNc1nc(-c2cccs2)nc2cc(Cl)ccc12. The van der Waals surface area contributed by atoms with E-state index < -0.39 is 0 Å². The quantitative estimate of drug-likeness (QED) is 0.775. The summed E-state index contributed by atoms with van der Waals surface area (Å²) in [6, 6.07) is 9.60. The first-order chi connectivity index (χ1) is 9.78. The third-order valence-corrected chi connectivity index (χ3v) is 3.94. The minimum Gasteiger partial charge on any atom is -0.368 e. The lowest BCUT2D eigenvalue weighted by Gasteiger charge is -2.09. The van der Waals surface area contributed by atoms with Gasteiger partial charge < -0.3 is 11.1 Å². The van der Waals surface area contributed by atoms with Crippen molar-refractivity contribution in [1.82, 2.24) is 9.97 Å². The maximum atomic E-state index is 6.05. The smallest absolute Gasteiger partial charge is 0.172 e. The monoisotopic (exact) mass is 304 g/mol. The normalized spacial score (nSPS) is 10.9. The van der Waals surface area contributed by atoms with Crippen molar-refractivity contribution < 1.29 is 0 Å². The zero-order chi connectivity index (χ0) is 13.9. The molecule has 0 amide bonds. The molecule has 0 aliphatic heterocycles. The summed E-state index contributed by atoms with van der Waals surface area (Å²) in [4.78, 5) is 10.2. The Bertz CT molecular complexity index is 727. The van der Waals surface area contributed by atoms with Crippen LogP contribution >= 0.6 is 22.9 Å². The van der Waals surface area contributed by atoms with Crippen LogP contribution in [0.2, 0.25) is 5.02 Å². The zero-order valence-corrected chi connectivity index (χ0v) is 12.2. The molecule has 0 aliphatic carbocycles. The van der Waals surface area contributed by atoms with Crippen molar-refractivity contribution >= 4 is 39.7 Å². The molecule has 3 rings (SSSR count). The number of halogens is 1. The van der Waals surface area contributed by atoms with Crippen LogP contribution in [0.4, 0.5) is 5.82 Å². The van der Waals surface area contributed by atoms with Crippen LogP contribution < -0.4 is 11.1 Å². The van der Waals surface area contributed by atoms with Crippen LogP contribution in [-0.2, 0) is 0 Å². The number of hydrogen-bond donors (Lipinski definition) is 2. The summed E-state index contributed by atoms with van der Waals surface area (Å²) in [5, 5.41) is 6.86. The first kappa shape index (κ1) is 13.3. The second-order valence-corrected chi connectivity index (χ2v) is 5.63. The summed E-state index contributed by atoms with van der Waals surface area (Å²) in [5.74, 6) is 1.50. The molecule has 2 aromatic heterocycles. The number of thiophene rings is 1. The van der Waals surface area contributed by atoms with Gasteiger partial charge in [0.25, 0.3) is 0 Å². The molecule has 0 bridgehead atoms. The van der Waals surface area contributed by atoms with Crippen LogP contribution in [-0.4, -0.2) is 23.1 Å². The van der Waals surface area contributed by atoms with Crippen molar-refractivity contribution in [2.75, 3.05) is 18.4 Å². The van der Waals surface area contributed by atoms with Gasteiger partial charge in [0.15, 0.2) is 5.82 Å². The molecule has 0 saturated carbocycles. The van der Waals surface area contributed by atoms with Gasteiger partial charge in [-0.3, -0.25) is 0 Å². The molecular weight excluding hydrogens is 292 g/mol. The highest BCUT2D eigenvalue weighted by molar-refractivity contribution is 7.13. The molecule has 0 unspecified atom stereocenters. The summed E-state index contributed by atoms with van der Waals surface area (Å²) in [6.45, 7) is 1.21. The lowest BCUT2D eigenvalue weighted by atomic mass is 10.2. The summed E-state index contributed by atoms with van der Waals surface area (Å²) in [5.41, 5.74) is 6.38. The number of nitrogens with zero attached hydrogens (tertiary/aromatic N) is 2. The maximum absolute atomic E-state index is 6.05. The second kappa shape index (κ2) is 5.75. The molecule has 6 heteroatoms. The number of aromatic nitrogens is 2. The predicted molar refractivity (Wildman–Crippen MR) is 85.4 cm³/mol. The fourth-order valence-corrected chi connectivity index (χ4v) is 2.77. The minimum atomic E-state index is 0.549. The van der Waals surface area contributed by atoms with Gasteiger partial charge in [0.05, 0.1) is 10.4 Å². The van der Waals surface area contributed by atoms with E-state index in [-0.39, 0.29) is 0 Å². The molecule has 20 heavy (non-hydrogen) atoms. The molecule has 3 aromatic rings. The van der Waals surface area contributed by atoms with Crippen molar-refractivity contribution in [3.8, 4) is 10.7 Å². The third kappa shape index (κ3) is 2.60. The van der Waals surface area contributed by atoms with E-state index in [0.29, 0.717) is 23.9 Å². The van der Waals surface area contributed by atoms with E-state index in [1.807, 2.05) is 35.7 Å². The van der Waals surface area contributed by atoms with E-state index in [1.54, 1.807) is 11.3 Å². The zero-order valence-electron chi connectivity index (χ0n) is 10.6. The van der Waals surface area contributed by atoms with Gasteiger partial charge in [-0.25, -0.2) is 9.97 Å². The Morgan fingerprint density at radius 1 is 1.25 bits per heavy atom. The van der Waals surface area contributed by atoms with E-state index in [1.165, 1.54) is 0 Å². The van der Waals surface area contributed by atoms with Crippen molar-refractivity contribution in [3.63, 3.8) is 0 Å². The van der Waals surface area contributed by atoms with Crippen molar-refractivity contribution in [2.45, 2.75) is 0 Å². The van der Waals surface area contributed by atoms with Gasteiger partial charge >= 0.3 is 0 Å². The van der Waals surface area contributed by atoms with Crippen LogP contribution in [0.5, 0.6) is 0 Å². The highest BCUT2D eigenvalue weighted by atomic mass is 35.5. The van der Waals surface area contributed by atoms with Crippen molar-refractivity contribution in [1.29, 1.82) is 0 Å². The molecule has 4 nitrogen and oxygen atoms in total. The number of benzene rings is 1. The maximum Gasteiger partial charge on any atom is 0.172 e. The molecule has 0 spiro atoms. The van der Waals surface area contributed by atoms with E-state index in [9.17, 15) is 0 Å². The molecule has 0 saturated heterocycles. The lowest BCUT2D eigenvalue weighted by Crippen LogP contribution is -2.14. The van der Waals surface area contributed by atoms with E-state index >= 15 is 0 Å². The fourth-order valence-electron chi connectivity index (χ4n) is 1.94. The fraction of sp³-hybridized carbons (Fsp3) is 0.143. The molecule has 102 valence electrons. The standard InChI is InChI=1S/C14H13ClN4S/c15-9-3-4-10-11(8-9)18-14(12-2-1-7-20-12)19-13(10)17-6-5-16/h1-4,7-8H,5-6,16H2,(H,17,18,19). The Balaban J connectivity index is 2.17. The van der Waals surface area contributed by atoms with Gasteiger partial charge in [0.2, 0.25) is 0 Å². The molecule has 0 aliphatic rings. The van der Waals surface area contributed by atoms with Gasteiger partial charge in [-0.15, -0.1) is 11.3 Å². The first-order valence-electron chi connectivity index (χ1n) is 6.23. The molecule has 0 atom stereocenters. The molecular formula is C14H13ClN4S. The molecule has 3 N–H and O–H groups in total. The molecule has 2 heterocycles. The van der Waals surface area contributed by atoms with Crippen LogP contribution in [0, 0.1) is 0 Å². The topological polar surface area (TPSA) is 63.8 Å². The third-order valence-electron chi connectivity index (χ3n) is 2.84. The van der Waals surface area contributed by atoms with Gasteiger partial charge in [0.1, 0.15) is 5.82 Å². The average Bonchev–Trinajstić information content (AvgIpc) is 2.98. The van der Waals surface area contributed by atoms with Crippen molar-refractivity contribution in [3.05, 3.63) is 40.7 Å². The van der Waals surface area contributed by atoms with Crippen LogP contribution in [0.25, 0.3) is 21.6 Å². The largest absolute Gasteiger partial charge is 0.368 e. The molecule has 1 aromatic carbocycles. The summed E-state index contributed by atoms with van der Waals surface area (Å²) < 4.78 is 0. The Hall–Kier alpha value is -1.69. The van der Waals surface area contributed by atoms with Gasteiger partial charge in [-0.1, -0.05) is 17.7 Å². The Kier molecular flexibility index (Phi) is 3.82. The number of rotatable bonds is 4. The van der Waals surface area contributed by atoms with Gasteiger partial charge in [-0.05, 0) is 29.6 Å². The van der Waals surface area contributed by atoms with E-state index in [4.69, 9.17) is 17.3 Å². The highest BCUT2D eigenvalue weighted by Crippen LogP contribution is 2.28. The van der Waals surface area contributed by atoms with Gasteiger partial charge in [0, 0.05) is 23.5 Å². The Labute approximate surface area is 125 Å². The first-order valence-corrected chi connectivity index (χ1v) is 7.49. The van der Waals surface area contributed by atoms with Crippen LogP contribution in [0.1, 0.15) is 0 Å². The molecule has 0 radical (unpaired) electrons. The van der Waals surface area contributed by atoms with Crippen molar-refractivity contribution in [2.24, 2.45) is 5.73 Å². The lowest BCUT2D eigenvalue weighted by molar-refractivity contribution is 1.01. The Morgan fingerprint density at radius 2 is 2.15 bits per heavy atom. The number of fused-ring (bicyclic) bond motifs is 1. The summed E-state index contributed by atoms with van der Waals surface area (Å²) in [7, 11) is 0. The van der Waals surface area contributed by atoms with E-state index in [2.05, 4.69) is 15.3 Å². The van der Waals surface area contributed by atoms with Crippen LogP contribution in [0.15, 0.2) is 35.7 Å².